The Hall–Kier alpha value is -3.71. The van der Waals surface area contributed by atoms with Gasteiger partial charge in [-0.1, -0.05) is 0 Å². The Balaban J connectivity index is 1.32. The first kappa shape index (κ1) is 38.0. The Labute approximate surface area is 292 Å². The smallest absolute Gasteiger partial charge is 0.239 e. The quantitative estimate of drug-likeness (QED) is 0.0986. The van der Waals surface area contributed by atoms with Crippen molar-refractivity contribution < 1.29 is 94.1 Å². The lowest BCUT2D eigenvalue weighted by molar-refractivity contribution is -0.307. The number of hydrogen-bond donors (Lipinski definition) is 12. The number of aromatic hydroxyl groups is 2. The minimum atomic E-state index is -1.99. The number of aliphatic hydroxyl groups is 10. The molecule has 14 atom stereocenters. The van der Waals surface area contributed by atoms with Crippen molar-refractivity contribution in [1.82, 2.24) is 0 Å². The van der Waals surface area contributed by atoms with Crippen molar-refractivity contribution in [3.8, 4) is 34.3 Å². The van der Waals surface area contributed by atoms with Gasteiger partial charge in [0.15, 0.2) is 12.1 Å². The third-order valence-electron chi connectivity index (χ3n) is 8.92. The van der Waals surface area contributed by atoms with E-state index in [2.05, 4.69) is 0 Å². The highest BCUT2D eigenvalue weighted by Gasteiger charge is 2.48. The van der Waals surface area contributed by atoms with Gasteiger partial charge in [-0.3, -0.25) is 4.79 Å². The lowest BCUT2D eigenvalue weighted by Crippen LogP contribution is -2.61. The molecular formula is C32H38O20. The number of hydrogen-bond acceptors (Lipinski definition) is 20. The number of ether oxygens (including phenoxy) is 6. The summed E-state index contributed by atoms with van der Waals surface area (Å²) >= 11 is 0. The Kier molecular flexibility index (Phi) is 11.2. The molecule has 0 spiro atoms. The van der Waals surface area contributed by atoms with Crippen molar-refractivity contribution in [1.29, 1.82) is 0 Å². The third-order valence-corrected chi connectivity index (χ3v) is 8.92. The first-order chi connectivity index (χ1) is 24.7. The van der Waals surface area contributed by atoms with E-state index in [0.29, 0.717) is 0 Å². The number of benzene rings is 2. The summed E-state index contributed by atoms with van der Waals surface area (Å²) in [4.78, 5) is 14.0. The van der Waals surface area contributed by atoms with Gasteiger partial charge in [-0.15, -0.1) is 0 Å². The van der Waals surface area contributed by atoms with Crippen molar-refractivity contribution in [3.63, 3.8) is 0 Å². The number of fused-ring (bicyclic) bond motifs is 1. The van der Waals surface area contributed by atoms with E-state index >= 15 is 0 Å². The van der Waals surface area contributed by atoms with Gasteiger partial charge < -0.3 is 94.1 Å². The largest absolute Gasteiger partial charge is 0.508 e. The van der Waals surface area contributed by atoms with E-state index in [-0.39, 0.29) is 28.4 Å². The number of phenolic OH excluding ortho intramolecular Hbond substituents is 2. The van der Waals surface area contributed by atoms with Crippen LogP contribution in [-0.4, -0.2) is 167 Å². The van der Waals surface area contributed by atoms with Crippen molar-refractivity contribution in [2.45, 2.75) is 86.0 Å². The minimum Gasteiger partial charge on any atom is -0.508 e. The molecule has 3 fully saturated rings. The van der Waals surface area contributed by atoms with Crippen LogP contribution in [0.15, 0.2) is 45.6 Å². The molecule has 4 heterocycles. The van der Waals surface area contributed by atoms with E-state index in [0.717, 1.165) is 12.1 Å². The van der Waals surface area contributed by atoms with Gasteiger partial charge in [0.25, 0.3) is 0 Å². The van der Waals surface area contributed by atoms with Gasteiger partial charge in [0.05, 0.1) is 19.8 Å². The van der Waals surface area contributed by atoms with Crippen molar-refractivity contribution in [2.24, 2.45) is 0 Å². The summed E-state index contributed by atoms with van der Waals surface area (Å²) in [6.07, 6.45) is -23.6. The maximum atomic E-state index is 14.0. The van der Waals surface area contributed by atoms with E-state index in [1.165, 1.54) is 24.3 Å². The molecular weight excluding hydrogens is 704 g/mol. The molecule has 52 heavy (non-hydrogen) atoms. The predicted octanol–water partition coefficient (Wildman–Crippen LogP) is -4.31. The summed E-state index contributed by atoms with van der Waals surface area (Å²) in [6.45, 7) is -1.75. The zero-order valence-electron chi connectivity index (χ0n) is 26.8. The summed E-state index contributed by atoms with van der Waals surface area (Å²) in [7, 11) is 0. The normalized spacial score (nSPS) is 36.8. The topological polar surface area (TPSA) is 328 Å². The molecule has 20 nitrogen and oxygen atoms in total. The van der Waals surface area contributed by atoms with Crippen molar-refractivity contribution in [2.75, 3.05) is 19.8 Å². The van der Waals surface area contributed by atoms with E-state index < -0.39 is 128 Å². The second-order valence-electron chi connectivity index (χ2n) is 12.5. The SMILES string of the molecule is O=c1c(O[C@@H]2O[C@H](CO[C@@H]3OC[C@H](O)[C@H](O)[C@H]3O)[C@@H](O)[C@H](O)[C@H]2O)c(-c2ccc(O)cc2)oc2cc(O[C@@H]3O[C@H](CO)[C@@H](O)[C@H](O)[C@H]3O)cc(O)c12. The van der Waals surface area contributed by atoms with Crippen LogP contribution in [0.2, 0.25) is 0 Å². The van der Waals surface area contributed by atoms with Gasteiger partial charge in [-0.2, -0.15) is 0 Å². The summed E-state index contributed by atoms with van der Waals surface area (Å²) in [5.41, 5.74) is -1.26. The summed E-state index contributed by atoms with van der Waals surface area (Å²) in [5, 5.41) is 122. The molecule has 3 aliphatic heterocycles. The molecule has 0 radical (unpaired) electrons. The molecule has 0 bridgehead atoms. The highest BCUT2D eigenvalue weighted by atomic mass is 16.7. The number of rotatable bonds is 9. The molecule has 3 aliphatic rings. The Morgan fingerprint density at radius 2 is 1.29 bits per heavy atom. The molecule has 1 aromatic heterocycles. The van der Waals surface area contributed by atoms with Crippen LogP contribution in [0, 0.1) is 0 Å². The van der Waals surface area contributed by atoms with Gasteiger partial charge in [-0.05, 0) is 24.3 Å². The highest BCUT2D eigenvalue weighted by molar-refractivity contribution is 5.88. The van der Waals surface area contributed by atoms with Crippen LogP contribution in [0.25, 0.3) is 22.3 Å². The van der Waals surface area contributed by atoms with Gasteiger partial charge >= 0.3 is 0 Å². The zero-order chi connectivity index (χ0) is 37.6. The molecule has 0 unspecified atom stereocenters. The van der Waals surface area contributed by atoms with Crippen LogP contribution in [0.4, 0.5) is 0 Å². The molecule has 3 saturated heterocycles. The average molecular weight is 743 g/mol. The van der Waals surface area contributed by atoms with Crippen LogP contribution < -0.4 is 14.9 Å². The second kappa shape index (κ2) is 15.3. The maximum Gasteiger partial charge on any atom is 0.239 e. The molecule has 12 N–H and O–H groups in total. The first-order valence-electron chi connectivity index (χ1n) is 15.9. The predicted molar refractivity (Wildman–Crippen MR) is 167 cm³/mol. The van der Waals surface area contributed by atoms with Crippen LogP contribution in [0.1, 0.15) is 0 Å². The molecule has 3 aromatic rings. The summed E-state index contributed by atoms with van der Waals surface area (Å²) < 4.78 is 38.9. The van der Waals surface area contributed by atoms with Crippen LogP contribution in [0.3, 0.4) is 0 Å². The second-order valence-corrected chi connectivity index (χ2v) is 12.5. The lowest BCUT2D eigenvalue weighted by Gasteiger charge is -2.41. The first-order valence-corrected chi connectivity index (χ1v) is 15.9. The van der Waals surface area contributed by atoms with Crippen LogP contribution in [0.5, 0.6) is 23.0 Å². The fraction of sp³-hybridized carbons (Fsp3) is 0.531. The van der Waals surface area contributed by atoms with Crippen LogP contribution >= 0.6 is 0 Å². The Bertz CT molecular complexity index is 1750. The Morgan fingerprint density at radius 3 is 1.94 bits per heavy atom. The Morgan fingerprint density at radius 1 is 0.692 bits per heavy atom. The monoisotopic (exact) mass is 742 g/mol. The van der Waals surface area contributed by atoms with Gasteiger partial charge in [-0.25, -0.2) is 0 Å². The van der Waals surface area contributed by atoms with Gasteiger partial charge in [0.2, 0.25) is 23.8 Å². The number of phenols is 2. The zero-order valence-corrected chi connectivity index (χ0v) is 26.8. The molecule has 0 aliphatic carbocycles. The third kappa shape index (κ3) is 7.27. The highest BCUT2D eigenvalue weighted by Crippen LogP contribution is 2.38. The maximum absolute atomic E-state index is 14.0. The van der Waals surface area contributed by atoms with E-state index in [1.54, 1.807) is 0 Å². The summed E-state index contributed by atoms with van der Waals surface area (Å²) in [5.74, 6) is -2.20. The standard InChI is InChI=1S/C32H38O20/c33-7-16-20(38)23(41)26(44)31(50-16)48-12-5-13(35)18-15(6-12)49-28(10-1-3-11(34)4-2-10)29(22(18)40)52-32-27(45)24(42)21(39)17(51-32)9-47-30-25(43)19(37)14(36)8-46-30/h1-6,14,16-17,19-21,23-27,30-39,41-45H,7-9H2/t14-,16+,17+,19-,20+,21+,23-,24-,25+,26+,27+,30-,31+,32-/m0/s1. The molecule has 0 amide bonds. The van der Waals surface area contributed by atoms with E-state index in [9.17, 15) is 66.1 Å². The molecule has 20 heteroatoms. The van der Waals surface area contributed by atoms with Crippen LogP contribution in [-0.2, 0) is 18.9 Å². The van der Waals surface area contributed by atoms with Crippen molar-refractivity contribution in [3.05, 3.63) is 46.6 Å². The summed E-state index contributed by atoms with van der Waals surface area (Å²) in [6, 6.07) is 7.20. The fourth-order valence-electron chi connectivity index (χ4n) is 5.92. The van der Waals surface area contributed by atoms with Crippen molar-refractivity contribution >= 4 is 11.0 Å². The van der Waals surface area contributed by atoms with E-state index in [4.69, 9.17) is 32.8 Å². The van der Waals surface area contributed by atoms with Gasteiger partial charge in [0, 0.05) is 17.7 Å². The average Bonchev–Trinajstić information content (AvgIpc) is 3.12. The van der Waals surface area contributed by atoms with Gasteiger partial charge in [0.1, 0.15) is 95.4 Å². The minimum absolute atomic E-state index is 0.112. The molecule has 2 aromatic carbocycles. The van der Waals surface area contributed by atoms with E-state index in [1.807, 2.05) is 0 Å². The molecule has 286 valence electrons. The fourth-order valence-corrected chi connectivity index (χ4v) is 5.92. The lowest BCUT2D eigenvalue weighted by atomic mass is 9.99. The number of aliphatic hydroxyl groups excluding tert-OH is 10. The molecule has 6 rings (SSSR count). The molecule has 0 saturated carbocycles.